The summed E-state index contributed by atoms with van der Waals surface area (Å²) in [6.45, 7) is 0.262. The van der Waals surface area contributed by atoms with Crippen molar-refractivity contribution in [3.05, 3.63) is 50.7 Å². The van der Waals surface area contributed by atoms with E-state index in [-0.39, 0.29) is 6.54 Å². The molecule has 4 nitrogen and oxygen atoms in total. The first-order valence-corrected chi connectivity index (χ1v) is 6.95. The maximum Gasteiger partial charge on any atom is 0.222 e. The quantitative estimate of drug-likeness (QED) is 0.870. The molecule has 1 unspecified atom stereocenters. The first kappa shape index (κ1) is 14.5. The van der Waals surface area contributed by atoms with Crippen LogP contribution in [-0.4, -0.2) is 21.6 Å². The molecule has 0 aliphatic carbocycles. The SMILES string of the molecule is OC(CNc1ncc(Br)cn1)c1cc(Cl)cc(Cl)c1. The zero-order valence-electron chi connectivity index (χ0n) is 9.65. The first-order valence-electron chi connectivity index (χ1n) is 5.40. The van der Waals surface area contributed by atoms with Gasteiger partial charge in [0.05, 0.1) is 10.6 Å². The lowest BCUT2D eigenvalue weighted by molar-refractivity contribution is 0.191. The van der Waals surface area contributed by atoms with Gasteiger partial charge in [0.2, 0.25) is 5.95 Å². The molecule has 0 saturated heterocycles. The van der Waals surface area contributed by atoms with Gasteiger partial charge in [0.1, 0.15) is 0 Å². The number of nitrogens with one attached hydrogen (secondary N) is 1. The van der Waals surface area contributed by atoms with Crippen LogP contribution in [0, 0.1) is 0 Å². The van der Waals surface area contributed by atoms with Gasteiger partial charge in [0.15, 0.2) is 0 Å². The van der Waals surface area contributed by atoms with Crippen LogP contribution in [-0.2, 0) is 0 Å². The van der Waals surface area contributed by atoms with Gasteiger partial charge in [-0.1, -0.05) is 23.2 Å². The van der Waals surface area contributed by atoms with Crippen molar-refractivity contribution in [2.75, 3.05) is 11.9 Å². The fourth-order valence-electron chi connectivity index (χ4n) is 1.48. The molecule has 1 atom stereocenters. The van der Waals surface area contributed by atoms with Gasteiger partial charge in [0.25, 0.3) is 0 Å². The summed E-state index contributed by atoms with van der Waals surface area (Å²) in [7, 11) is 0. The van der Waals surface area contributed by atoms with Crippen LogP contribution in [0.1, 0.15) is 11.7 Å². The molecule has 0 aliphatic rings. The fourth-order valence-corrected chi connectivity index (χ4v) is 2.22. The minimum absolute atomic E-state index is 0.262. The van der Waals surface area contributed by atoms with Crippen molar-refractivity contribution in [1.82, 2.24) is 9.97 Å². The highest BCUT2D eigenvalue weighted by Crippen LogP contribution is 2.23. The molecule has 0 radical (unpaired) electrons. The van der Waals surface area contributed by atoms with Gasteiger partial charge in [-0.25, -0.2) is 9.97 Å². The highest BCUT2D eigenvalue weighted by Gasteiger charge is 2.10. The van der Waals surface area contributed by atoms with E-state index in [0.29, 0.717) is 21.6 Å². The number of hydrogen-bond donors (Lipinski definition) is 2. The summed E-state index contributed by atoms with van der Waals surface area (Å²) in [5.74, 6) is 0.440. The van der Waals surface area contributed by atoms with Crippen LogP contribution in [0.5, 0.6) is 0 Å². The van der Waals surface area contributed by atoms with Gasteiger partial charge in [-0.15, -0.1) is 0 Å². The Morgan fingerprint density at radius 1 is 1.16 bits per heavy atom. The third-order valence-electron chi connectivity index (χ3n) is 2.34. The molecule has 7 heteroatoms. The number of aromatic nitrogens is 2. The van der Waals surface area contributed by atoms with Gasteiger partial charge < -0.3 is 10.4 Å². The second-order valence-corrected chi connectivity index (χ2v) is 5.61. The Morgan fingerprint density at radius 2 is 1.74 bits per heavy atom. The number of hydrogen-bond acceptors (Lipinski definition) is 4. The van der Waals surface area contributed by atoms with Crippen molar-refractivity contribution < 1.29 is 5.11 Å². The topological polar surface area (TPSA) is 58.0 Å². The van der Waals surface area contributed by atoms with Crippen molar-refractivity contribution in [2.45, 2.75) is 6.10 Å². The number of rotatable bonds is 4. The van der Waals surface area contributed by atoms with E-state index >= 15 is 0 Å². The summed E-state index contributed by atoms with van der Waals surface area (Å²) in [5.41, 5.74) is 0.641. The molecule has 2 rings (SSSR count). The summed E-state index contributed by atoms with van der Waals surface area (Å²) in [4.78, 5) is 8.09. The molecule has 0 aliphatic heterocycles. The maximum atomic E-state index is 10.0. The van der Waals surface area contributed by atoms with E-state index in [1.807, 2.05) is 0 Å². The van der Waals surface area contributed by atoms with E-state index in [2.05, 4.69) is 31.2 Å². The summed E-state index contributed by atoms with van der Waals surface area (Å²) >= 11 is 15.0. The lowest BCUT2D eigenvalue weighted by Crippen LogP contribution is -2.13. The van der Waals surface area contributed by atoms with Gasteiger partial charge in [0, 0.05) is 29.0 Å². The van der Waals surface area contributed by atoms with Crippen molar-refractivity contribution in [3.8, 4) is 0 Å². The number of aliphatic hydroxyl groups is 1. The van der Waals surface area contributed by atoms with Gasteiger partial charge >= 0.3 is 0 Å². The Bertz CT molecular complexity index is 545. The molecule has 0 bridgehead atoms. The third kappa shape index (κ3) is 4.31. The largest absolute Gasteiger partial charge is 0.387 e. The number of benzene rings is 1. The molecule has 0 saturated carbocycles. The maximum absolute atomic E-state index is 10.0. The molecule has 2 N–H and O–H groups in total. The standard InChI is InChI=1S/C12H10BrCl2N3O/c13-8-4-16-12(17-5-8)18-6-11(19)7-1-9(14)3-10(15)2-7/h1-5,11,19H,6H2,(H,16,17,18). The van der Waals surface area contributed by atoms with Crippen LogP contribution in [0.4, 0.5) is 5.95 Å². The minimum Gasteiger partial charge on any atom is -0.387 e. The average molecular weight is 363 g/mol. The Balaban J connectivity index is 2.00. The number of halogens is 3. The van der Waals surface area contributed by atoms with Crippen molar-refractivity contribution in [2.24, 2.45) is 0 Å². The monoisotopic (exact) mass is 361 g/mol. The van der Waals surface area contributed by atoms with E-state index in [4.69, 9.17) is 23.2 Å². The van der Waals surface area contributed by atoms with E-state index in [9.17, 15) is 5.11 Å². The molecule has 1 aromatic carbocycles. The average Bonchev–Trinajstić information content (AvgIpc) is 2.36. The lowest BCUT2D eigenvalue weighted by Gasteiger charge is -2.12. The molecule has 0 fully saturated rings. The fraction of sp³-hybridized carbons (Fsp3) is 0.167. The Kier molecular flexibility index (Phi) is 4.99. The van der Waals surface area contributed by atoms with E-state index in [1.165, 1.54) is 0 Å². The highest BCUT2D eigenvalue weighted by atomic mass is 79.9. The van der Waals surface area contributed by atoms with E-state index < -0.39 is 6.10 Å². The van der Waals surface area contributed by atoms with Crippen molar-refractivity contribution >= 4 is 45.1 Å². The molecule has 100 valence electrons. The van der Waals surface area contributed by atoms with Crippen LogP contribution < -0.4 is 5.32 Å². The second-order valence-electron chi connectivity index (χ2n) is 3.82. The number of anilines is 1. The van der Waals surface area contributed by atoms with Crippen LogP contribution in [0.3, 0.4) is 0 Å². The summed E-state index contributed by atoms with van der Waals surface area (Å²) < 4.78 is 0.792. The lowest BCUT2D eigenvalue weighted by atomic mass is 10.1. The highest BCUT2D eigenvalue weighted by molar-refractivity contribution is 9.10. The van der Waals surface area contributed by atoms with Gasteiger partial charge in [-0.3, -0.25) is 0 Å². The smallest absolute Gasteiger partial charge is 0.222 e. The zero-order chi connectivity index (χ0) is 13.8. The Hall–Kier alpha value is -0.880. The van der Waals surface area contributed by atoms with Crippen molar-refractivity contribution in [3.63, 3.8) is 0 Å². The zero-order valence-corrected chi connectivity index (χ0v) is 12.7. The molecule has 0 amide bonds. The number of aliphatic hydroxyl groups excluding tert-OH is 1. The Labute approximate surface area is 128 Å². The van der Waals surface area contributed by atoms with Gasteiger partial charge in [-0.05, 0) is 39.7 Å². The third-order valence-corrected chi connectivity index (χ3v) is 3.19. The summed E-state index contributed by atoms with van der Waals surface area (Å²) in [6, 6.07) is 4.95. The second kappa shape index (κ2) is 6.52. The molecule has 1 aromatic heterocycles. The summed E-state index contributed by atoms with van der Waals surface area (Å²) in [6.07, 6.45) is 2.50. The number of nitrogens with zero attached hydrogens (tertiary/aromatic N) is 2. The summed E-state index contributed by atoms with van der Waals surface area (Å²) in [5, 5.41) is 13.9. The van der Waals surface area contributed by atoms with Gasteiger partial charge in [-0.2, -0.15) is 0 Å². The first-order chi connectivity index (χ1) is 9.04. The normalized spacial score (nSPS) is 12.2. The van der Waals surface area contributed by atoms with Crippen LogP contribution >= 0.6 is 39.1 Å². The van der Waals surface area contributed by atoms with Crippen molar-refractivity contribution in [1.29, 1.82) is 0 Å². The molecule has 1 heterocycles. The van der Waals surface area contributed by atoms with Crippen LogP contribution in [0.2, 0.25) is 10.0 Å². The minimum atomic E-state index is -0.747. The van der Waals surface area contributed by atoms with Crippen LogP contribution in [0.15, 0.2) is 35.1 Å². The molecular formula is C12H10BrCl2N3O. The predicted molar refractivity (Wildman–Crippen MR) is 79.6 cm³/mol. The Morgan fingerprint density at radius 3 is 2.32 bits per heavy atom. The van der Waals surface area contributed by atoms with E-state index in [1.54, 1.807) is 30.6 Å². The predicted octanol–water partition coefficient (Wildman–Crippen LogP) is 3.69. The molecular weight excluding hydrogens is 353 g/mol. The molecule has 19 heavy (non-hydrogen) atoms. The van der Waals surface area contributed by atoms with E-state index in [0.717, 1.165) is 4.47 Å². The molecule has 2 aromatic rings. The van der Waals surface area contributed by atoms with Crippen LogP contribution in [0.25, 0.3) is 0 Å². The molecule has 0 spiro atoms.